The lowest BCUT2D eigenvalue weighted by atomic mass is 9.88. The minimum Gasteiger partial charge on any atom is -0.379 e. The van der Waals surface area contributed by atoms with Crippen LogP contribution in [-0.4, -0.2) is 61.1 Å². The second kappa shape index (κ2) is 9.68. The van der Waals surface area contributed by atoms with Crippen LogP contribution in [0.25, 0.3) is 11.3 Å². The van der Waals surface area contributed by atoms with Crippen molar-refractivity contribution in [2.24, 2.45) is 5.92 Å². The number of ether oxygens (including phenoxy) is 1. The van der Waals surface area contributed by atoms with Gasteiger partial charge >= 0.3 is 0 Å². The molecule has 1 saturated carbocycles. The molecule has 0 spiro atoms. The van der Waals surface area contributed by atoms with Crippen LogP contribution in [-0.2, 0) is 20.7 Å². The first-order chi connectivity index (χ1) is 15.7. The summed E-state index contributed by atoms with van der Waals surface area (Å²) in [6, 6.07) is 6.26. The highest BCUT2D eigenvalue weighted by atomic mass is 32.1. The van der Waals surface area contributed by atoms with E-state index in [1.54, 1.807) is 0 Å². The summed E-state index contributed by atoms with van der Waals surface area (Å²) in [5.41, 5.74) is 4.15. The molecule has 1 aromatic carbocycles. The van der Waals surface area contributed by atoms with Crippen molar-refractivity contribution in [3.05, 3.63) is 29.1 Å². The molecule has 0 bridgehead atoms. The number of hydrogen-bond donors (Lipinski definition) is 1. The Hall–Kier alpha value is -2.29. The van der Waals surface area contributed by atoms with Gasteiger partial charge in [-0.15, -0.1) is 11.3 Å². The fourth-order valence-corrected chi connectivity index (χ4v) is 5.68. The number of carbonyl (C=O) groups excluding carboxylic acids is 2. The smallest absolute Gasteiger partial charge is 0.240 e. The van der Waals surface area contributed by atoms with Crippen molar-refractivity contribution < 1.29 is 14.3 Å². The Bertz CT molecular complexity index is 979. The molecule has 2 fully saturated rings. The van der Waals surface area contributed by atoms with Crippen molar-refractivity contribution in [1.29, 1.82) is 0 Å². The predicted molar refractivity (Wildman–Crippen MR) is 126 cm³/mol. The highest BCUT2D eigenvalue weighted by Crippen LogP contribution is 2.36. The lowest BCUT2D eigenvalue weighted by Crippen LogP contribution is -2.41. The summed E-state index contributed by atoms with van der Waals surface area (Å²) in [5.74, 6) is 0.449. The van der Waals surface area contributed by atoms with E-state index in [9.17, 15) is 9.59 Å². The molecule has 0 radical (unpaired) electrons. The second-order valence-corrected chi connectivity index (χ2v) is 9.75. The molecule has 0 atom stereocenters. The van der Waals surface area contributed by atoms with Gasteiger partial charge in [0.1, 0.15) is 0 Å². The zero-order valence-corrected chi connectivity index (χ0v) is 19.2. The van der Waals surface area contributed by atoms with E-state index in [0.29, 0.717) is 30.8 Å². The first kappa shape index (κ1) is 21.6. The highest BCUT2D eigenvalue weighted by molar-refractivity contribution is 7.14. The fourth-order valence-electron chi connectivity index (χ4n) is 4.94. The Labute approximate surface area is 192 Å². The number of aromatic nitrogens is 1. The summed E-state index contributed by atoms with van der Waals surface area (Å²) >= 11 is 1.44. The zero-order chi connectivity index (χ0) is 21.9. The molecule has 1 aromatic heterocycles. The van der Waals surface area contributed by atoms with Crippen LogP contribution in [0, 0.1) is 5.92 Å². The number of benzene rings is 1. The van der Waals surface area contributed by atoms with Gasteiger partial charge in [0.2, 0.25) is 11.8 Å². The van der Waals surface area contributed by atoms with Crippen molar-refractivity contribution in [2.45, 2.75) is 38.5 Å². The number of nitrogens with one attached hydrogen (secondary N) is 1. The Kier molecular flexibility index (Phi) is 6.52. The lowest BCUT2D eigenvalue weighted by molar-refractivity contribution is -0.123. The van der Waals surface area contributed by atoms with Crippen molar-refractivity contribution in [3.63, 3.8) is 0 Å². The normalized spacial score (nSPS) is 19.7. The maximum absolute atomic E-state index is 13.0. The van der Waals surface area contributed by atoms with Crippen LogP contribution >= 0.6 is 11.3 Å². The summed E-state index contributed by atoms with van der Waals surface area (Å²) in [5, 5.41) is 5.52. The Morgan fingerprint density at radius 1 is 1.12 bits per heavy atom. The van der Waals surface area contributed by atoms with Gasteiger partial charge in [-0.1, -0.05) is 25.3 Å². The van der Waals surface area contributed by atoms with Crippen molar-refractivity contribution >= 4 is 34.0 Å². The number of amides is 2. The number of anilines is 2. The molecule has 170 valence electrons. The molecule has 3 heterocycles. The van der Waals surface area contributed by atoms with Crippen molar-refractivity contribution in [3.8, 4) is 11.3 Å². The maximum atomic E-state index is 13.0. The molecule has 2 amide bonds. The van der Waals surface area contributed by atoms with Crippen molar-refractivity contribution in [2.75, 3.05) is 49.6 Å². The fraction of sp³-hybridized carbons (Fsp3) is 0.542. The van der Waals surface area contributed by atoms with E-state index in [1.807, 2.05) is 16.3 Å². The molecule has 0 unspecified atom stereocenters. The van der Waals surface area contributed by atoms with Gasteiger partial charge < -0.3 is 15.0 Å². The SMILES string of the molecule is O=C(CN1CCOCC1)Nc1nc(-c2ccc3c(c2)CCN3C(=O)C2CCCCC2)cs1. The minimum absolute atomic E-state index is 0.0429. The van der Waals surface area contributed by atoms with Crippen LogP contribution in [0.15, 0.2) is 23.6 Å². The van der Waals surface area contributed by atoms with Gasteiger partial charge in [0.05, 0.1) is 25.5 Å². The molecular formula is C24H30N4O3S. The molecular weight excluding hydrogens is 424 g/mol. The average molecular weight is 455 g/mol. The molecule has 32 heavy (non-hydrogen) atoms. The number of fused-ring (bicyclic) bond motifs is 1. The van der Waals surface area contributed by atoms with E-state index in [1.165, 1.54) is 36.2 Å². The number of hydrogen-bond acceptors (Lipinski definition) is 6. The van der Waals surface area contributed by atoms with Crippen LogP contribution in [0.4, 0.5) is 10.8 Å². The molecule has 7 nitrogen and oxygen atoms in total. The lowest BCUT2D eigenvalue weighted by Gasteiger charge is -2.26. The van der Waals surface area contributed by atoms with Gasteiger partial charge in [-0.25, -0.2) is 4.98 Å². The Morgan fingerprint density at radius 2 is 1.94 bits per heavy atom. The number of nitrogens with zero attached hydrogens (tertiary/aromatic N) is 3. The maximum Gasteiger partial charge on any atom is 0.240 e. The van der Waals surface area contributed by atoms with Gasteiger partial charge in [-0.05, 0) is 37.0 Å². The molecule has 1 N–H and O–H groups in total. The summed E-state index contributed by atoms with van der Waals surface area (Å²) in [4.78, 5) is 34.1. The van der Waals surface area contributed by atoms with E-state index < -0.39 is 0 Å². The van der Waals surface area contributed by atoms with E-state index in [0.717, 1.165) is 55.8 Å². The van der Waals surface area contributed by atoms with E-state index in [2.05, 4.69) is 27.3 Å². The van der Waals surface area contributed by atoms with Crippen LogP contribution in [0.1, 0.15) is 37.7 Å². The molecule has 3 aliphatic rings. The number of rotatable bonds is 5. The van der Waals surface area contributed by atoms with E-state index in [4.69, 9.17) is 4.74 Å². The third kappa shape index (κ3) is 4.72. The molecule has 2 aliphatic heterocycles. The van der Waals surface area contributed by atoms with Crippen LogP contribution in [0.5, 0.6) is 0 Å². The number of morpholine rings is 1. The Morgan fingerprint density at radius 3 is 2.75 bits per heavy atom. The van der Waals surface area contributed by atoms with Crippen molar-refractivity contribution in [1.82, 2.24) is 9.88 Å². The van der Waals surface area contributed by atoms with Gasteiger partial charge in [0, 0.05) is 42.2 Å². The summed E-state index contributed by atoms with van der Waals surface area (Å²) < 4.78 is 5.33. The molecule has 2 aromatic rings. The zero-order valence-electron chi connectivity index (χ0n) is 18.3. The summed E-state index contributed by atoms with van der Waals surface area (Å²) in [7, 11) is 0. The standard InChI is InChI=1S/C24H30N4O3S/c29-22(15-27-10-12-31-13-11-27)26-24-25-20(16-32-24)18-6-7-21-19(14-18)8-9-28(21)23(30)17-4-2-1-3-5-17/h6-7,14,16-17H,1-5,8-13,15H2,(H,25,26,29). The van der Waals surface area contributed by atoms with E-state index >= 15 is 0 Å². The van der Waals surface area contributed by atoms with Gasteiger partial charge in [0.15, 0.2) is 5.13 Å². The van der Waals surface area contributed by atoms with Gasteiger partial charge in [-0.2, -0.15) is 0 Å². The second-order valence-electron chi connectivity index (χ2n) is 8.89. The summed E-state index contributed by atoms with van der Waals surface area (Å²) in [6.45, 7) is 4.06. The predicted octanol–water partition coefficient (Wildman–Crippen LogP) is 3.55. The quantitative estimate of drug-likeness (QED) is 0.748. The topological polar surface area (TPSA) is 74.8 Å². The molecule has 1 aliphatic carbocycles. The minimum atomic E-state index is -0.0429. The first-order valence-electron chi connectivity index (χ1n) is 11.7. The molecule has 1 saturated heterocycles. The third-order valence-corrected chi connectivity index (χ3v) is 7.47. The third-order valence-electron chi connectivity index (χ3n) is 6.71. The van der Waals surface area contributed by atoms with Gasteiger partial charge in [0.25, 0.3) is 0 Å². The van der Waals surface area contributed by atoms with E-state index in [-0.39, 0.29) is 11.8 Å². The van der Waals surface area contributed by atoms with Crippen LogP contribution in [0.2, 0.25) is 0 Å². The van der Waals surface area contributed by atoms with Crippen LogP contribution in [0.3, 0.4) is 0 Å². The monoisotopic (exact) mass is 454 g/mol. The van der Waals surface area contributed by atoms with Gasteiger partial charge in [-0.3, -0.25) is 14.5 Å². The molecule has 5 rings (SSSR count). The largest absolute Gasteiger partial charge is 0.379 e. The first-order valence-corrected chi connectivity index (χ1v) is 12.6. The number of thiazole rings is 1. The number of carbonyl (C=O) groups is 2. The highest BCUT2D eigenvalue weighted by Gasteiger charge is 2.31. The molecule has 8 heteroatoms. The Balaban J connectivity index is 1.23. The van der Waals surface area contributed by atoms with Crippen LogP contribution < -0.4 is 10.2 Å². The average Bonchev–Trinajstić information content (AvgIpc) is 3.46. The summed E-state index contributed by atoms with van der Waals surface area (Å²) in [6.07, 6.45) is 6.54.